The van der Waals surface area contributed by atoms with Crippen molar-refractivity contribution in [2.75, 3.05) is 0 Å². The molecule has 2 N–H and O–H groups in total. The van der Waals surface area contributed by atoms with Crippen LogP contribution >= 0.6 is 0 Å². The van der Waals surface area contributed by atoms with E-state index in [2.05, 4.69) is 0 Å². The van der Waals surface area contributed by atoms with Crippen LogP contribution in [-0.4, -0.2) is 16.3 Å². The third kappa shape index (κ3) is 2.22. The molecular formula is C11H14O2. The summed E-state index contributed by atoms with van der Waals surface area (Å²) in [6.07, 6.45) is 2.85. The minimum atomic E-state index is -0.190. The van der Waals surface area contributed by atoms with Crippen molar-refractivity contribution >= 4 is 0 Å². The molecule has 0 aliphatic heterocycles. The summed E-state index contributed by atoms with van der Waals surface area (Å²) in [4.78, 5) is 0. The van der Waals surface area contributed by atoms with Crippen molar-refractivity contribution < 1.29 is 10.2 Å². The maximum Gasteiger partial charge on any atom is 0.115 e. The van der Waals surface area contributed by atoms with Crippen molar-refractivity contribution in [2.24, 2.45) is 5.92 Å². The third-order valence-electron chi connectivity index (χ3n) is 2.55. The van der Waals surface area contributed by atoms with Crippen LogP contribution in [0.4, 0.5) is 0 Å². The van der Waals surface area contributed by atoms with E-state index in [1.165, 1.54) is 12.8 Å². The molecule has 0 radical (unpaired) electrons. The number of phenolic OH excluding ortho intramolecular Hbond substituents is 1. The van der Waals surface area contributed by atoms with Crippen molar-refractivity contribution in [3.05, 3.63) is 29.8 Å². The van der Waals surface area contributed by atoms with Gasteiger partial charge in [-0.3, -0.25) is 0 Å². The van der Waals surface area contributed by atoms with Crippen molar-refractivity contribution in [3.63, 3.8) is 0 Å². The zero-order valence-corrected chi connectivity index (χ0v) is 7.48. The molecule has 13 heavy (non-hydrogen) atoms. The topological polar surface area (TPSA) is 40.5 Å². The van der Waals surface area contributed by atoms with Gasteiger partial charge in [0.2, 0.25) is 0 Å². The Morgan fingerprint density at radius 1 is 1.23 bits per heavy atom. The van der Waals surface area contributed by atoms with Gasteiger partial charge in [-0.1, -0.05) is 12.1 Å². The first-order chi connectivity index (χ1) is 6.25. The van der Waals surface area contributed by atoms with Gasteiger partial charge in [0.1, 0.15) is 5.75 Å². The van der Waals surface area contributed by atoms with Gasteiger partial charge < -0.3 is 10.2 Å². The molecule has 1 aromatic carbocycles. The second-order valence-corrected chi connectivity index (χ2v) is 3.78. The molecule has 1 atom stereocenters. The standard InChI is InChI=1S/C11H14O2/c12-10-5-1-8(2-6-10)7-11(13)9-3-4-9/h1-2,5-6,9,11-13H,3-4,7H2. The first kappa shape index (κ1) is 8.57. The van der Waals surface area contributed by atoms with Crippen LogP contribution in [0.15, 0.2) is 24.3 Å². The molecule has 1 aromatic rings. The van der Waals surface area contributed by atoms with Gasteiger partial charge in [0, 0.05) is 0 Å². The number of aliphatic hydroxyl groups is 1. The Balaban J connectivity index is 1.96. The first-order valence-corrected chi connectivity index (χ1v) is 4.71. The van der Waals surface area contributed by atoms with E-state index in [0.717, 1.165) is 5.56 Å². The second kappa shape index (κ2) is 3.38. The van der Waals surface area contributed by atoms with Crippen LogP contribution in [0.2, 0.25) is 0 Å². The highest BCUT2D eigenvalue weighted by molar-refractivity contribution is 5.26. The van der Waals surface area contributed by atoms with Crippen LogP contribution < -0.4 is 0 Å². The lowest BCUT2D eigenvalue weighted by atomic mass is 10.0. The smallest absolute Gasteiger partial charge is 0.115 e. The summed E-state index contributed by atoms with van der Waals surface area (Å²) in [6, 6.07) is 7.05. The fraction of sp³-hybridized carbons (Fsp3) is 0.455. The fourth-order valence-electron chi connectivity index (χ4n) is 1.52. The fourth-order valence-corrected chi connectivity index (χ4v) is 1.52. The van der Waals surface area contributed by atoms with E-state index in [0.29, 0.717) is 12.3 Å². The third-order valence-corrected chi connectivity index (χ3v) is 2.55. The molecule has 2 heteroatoms. The molecule has 0 heterocycles. The molecule has 1 saturated carbocycles. The lowest BCUT2D eigenvalue weighted by molar-refractivity contribution is 0.151. The summed E-state index contributed by atoms with van der Waals surface area (Å²) in [5.41, 5.74) is 1.09. The second-order valence-electron chi connectivity index (χ2n) is 3.78. The summed E-state index contributed by atoms with van der Waals surface area (Å²) < 4.78 is 0. The summed E-state index contributed by atoms with van der Waals surface area (Å²) in [7, 11) is 0. The maximum atomic E-state index is 9.65. The zero-order valence-electron chi connectivity index (χ0n) is 7.48. The zero-order chi connectivity index (χ0) is 9.26. The Bertz CT molecular complexity index is 275. The van der Waals surface area contributed by atoms with Gasteiger partial charge in [-0.15, -0.1) is 0 Å². The summed E-state index contributed by atoms with van der Waals surface area (Å²) >= 11 is 0. The summed E-state index contributed by atoms with van der Waals surface area (Å²) in [5, 5.41) is 18.7. The van der Waals surface area contributed by atoms with Crippen molar-refractivity contribution in [1.82, 2.24) is 0 Å². The molecule has 2 rings (SSSR count). The predicted molar refractivity (Wildman–Crippen MR) is 50.5 cm³/mol. The SMILES string of the molecule is Oc1ccc(CC(O)C2CC2)cc1. The average molecular weight is 178 g/mol. The maximum absolute atomic E-state index is 9.65. The Kier molecular flexibility index (Phi) is 2.23. The molecule has 1 aliphatic rings. The molecule has 0 saturated heterocycles. The van der Waals surface area contributed by atoms with E-state index in [1.807, 2.05) is 12.1 Å². The Hall–Kier alpha value is -1.02. The van der Waals surface area contributed by atoms with Crippen molar-refractivity contribution in [1.29, 1.82) is 0 Å². The molecule has 1 aliphatic carbocycles. The van der Waals surface area contributed by atoms with Crippen LogP contribution in [0.3, 0.4) is 0 Å². The number of phenols is 1. The minimum Gasteiger partial charge on any atom is -0.508 e. The summed E-state index contributed by atoms with van der Waals surface area (Å²) in [5.74, 6) is 0.804. The van der Waals surface area contributed by atoms with Gasteiger partial charge in [0.05, 0.1) is 6.10 Å². The Morgan fingerprint density at radius 3 is 2.38 bits per heavy atom. The Labute approximate surface area is 77.8 Å². The molecule has 0 amide bonds. The number of aliphatic hydroxyl groups excluding tert-OH is 1. The molecule has 70 valence electrons. The highest BCUT2D eigenvalue weighted by atomic mass is 16.3. The monoisotopic (exact) mass is 178 g/mol. The Morgan fingerprint density at radius 2 is 1.85 bits per heavy atom. The van der Waals surface area contributed by atoms with Gasteiger partial charge in [-0.05, 0) is 42.9 Å². The molecule has 1 unspecified atom stereocenters. The van der Waals surface area contributed by atoms with E-state index in [1.54, 1.807) is 12.1 Å². The van der Waals surface area contributed by atoms with E-state index in [9.17, 15) is 5.11 Å². The van der Waals surface area contributed by atoms with Crippen LogP contribution in [0.25, 0.3) is 0 Å². The van der Waals surface area contributed by atoms with Gasteiger partial charge >= 0.3 is 0 Å². The number of benzene rings is 1. The molecule has 0 bridgehead atoms. The first-order valence-electron chi connectivity index (χ1n) is 4.71. The number of hydrogen-bond donors (Lipinski definition) is 2. The van der Waals surface area contributed by atoms with E-state index < -0.39 is 0 Å². The average Bonchev–Trinajstić information content (AvgIpc) is 2.91. The van der Waals surface area contributed by atoms with E-state index >= 15 is 0 Å². The van der Waals surface area contributed by atoms with Crippen molar-refractivity contribution in [2.45, 2.75) is 25.4 Å². The highest BCUT2D eigenvalue weighted by Crippen LogP contribution is 2.33. The number of rotatable bonds is 3. The minimum absolute atomic E-state index is 0.190. The lowest BCUT2D eigenvalue weighted by Gasteiger charge is -2.08. The lowest BCUT2D eigenvalue weighted by Crippen LogP contribution is -2.12. The van der Waals surface area contributed by atoms with Gasteiger partial charge in [0.25, 0.3) is 0 Å². The molecule has 0 aromatic heterocycles. The van der Waals surface area contributed by atoms with Gasteiger partial charge in [0.15, 0.2) is 0 Å². The predicted octanol–water partition coefficient (Wildman–Crippen LogP) is 1.71. The summed E-state index contributed by atoms with van der Waals surface area (Å²) in [6.45, 7) is 0. The molecule has 0 spiro atoms. The largest absolute Gasteiger partial charge is 0.508 e. The number of aromatic hydroxyl groups is 1. The molecular weight excluding hydrogens is 164 g/mol. The highest BCUT2D eigenvalue weighted by Gasteiger charge is 2.29. The van der Waals surface area contributed by atoms with Crippen LogP contribution in [-0.2, 0) is 6.42 Å². The van der Waals surface area contributed by atoms with E-state index in [4.69, 9.17) is 5.11 Å². The van der Waals surface area contributed by atoms with Gasteiger partial charge in [-0.2, -0.15) is 0 Å². The van der Waals surface area contributed by atoms with Crippen LogP contribution in [0.1, 0.15) is 18.4 Å². The molecule has 2 nitrogen and oxygen atoms in total. The number of hydrogen-bond acceptors (Lipinski definition) is 2. The quantitative estimate of drug-likeness (QED) is 0.739. The van der Waals surface area contributed by atoms with Crippen LogP contribution in [0, 0.1) is 5.92 Å². The van der Waals surface area contributed by atoms with E-state index in [-0.39, 0.29) is 11.9 Å². The van der Waals surface area contributed by atoms with Crippen molar-refractivity contribution in [3.8, 4) is 5.75 Å². The van der Waals surface area contributed by atoms with Gasteiger partial charge in [-0.25, -0.2) is 0 Å². The normalized spacial score (nSPS) is 18.5. The van der Waals surface area contributed by atoms with Crippen LogP contribution in [0.5, 0.6) is 5.75 Å². The molecule has 1 fully saturated rings.